The van der Waals surface area contributed by atoms with Crippen molar-refractivity contribution in [1.29, 1.82) is 0 Å². The van der Waals surface area contributed by atoms with Crippen molar-refractivity contribution in [3.8, 4) is 0 Å². The van der Waals surface area contributed by atoms with Crippen LogP contribution in [0.15, 0.2) is 12.2 Å². The number of carbonyl (C=O) groups is 2. The maximum Gasteiger partial charge on any atom is 0.466 e. The van der Waals surface area contributed by atoms with E-state index in [-0.39, 0.29) is 26.3 Å². The Balaban J connectivity index is 3.27. The van der Waals surface area contributed by atoms with Gasteiger partial charge in [-0.1, -0.05) is 6.58 Å². The van der Waals surface area contributed by atoms with E-state index in [1.165, 1.54) is 0 Å². The van der Waals surface area contributed by atoms with E-state index in [0.717, 1.165) is 6.92 Å². The molecule has 0 radical (unpaired) electrons. The van der Waals surface area contributed by atoms with Gasteiger partial charge in [0, 0.05) is 25.1 Å². The third kappa shape index (κ3) is 5.83. The van der Waals surface area contributed by atoms with Gasteiger partial charge in [-0.15, -0.1) is 0 Å². The molecule has 1 aliphatic rings. The number of amides is 1. The first-order valence-corrected chi connectivity index (χ1v) is 9.26. The Morgan fingerprint density at radius 3 is 2.10 bits per heavy atom. The molecule has 1 heterocycles. The van der Waals surface area contributed by atoms with Gasteiger partial charge in [0.05, 0.1) is 19.8 Å². The molecular formula is C14H17F5NO8S-. The average Bonchev–Trinajstić information content (AvgIpc) is 2.58. The minimum atomic E-state index is -6.21. The Morgan fingerprint density at radius 1 is 1.17 bits per heavy atom. The summed E-state index contributed by atoms with van der Waals surface area (Å²) < 4.78 is 113. The third-order valence-corrected chi connectivity index (χ3v) is 4.54. The minimum absolute atomic E-state index is 0.152. The van der Waals surface area contributed by atoms with Crippen LogP contribution in [0.1, 0.15) is 13.3 Å². The van der Waals surface area contributed by atoms with E-state index in [4.69, 9.17) is 4.74 Å². The fourth-order valence-corrected chi connectivity index (χ4v) is 2.36. The summed E-state index contributed by atoms with van der Waals surface area (Å²) in [6, 6.07) is 0. The molecule has 0 bridgehead atoms. The lowest BCUT2D eigenvalue weighted by Gasteiger charge is -2.38. The molecule has 1 rings (SSSR count). The summed E-state index contributed by atoms with van der Waals surface area (Å²) >= 11 is 0. The van der Waals surface area contributed by atoms with Crippen molar-refractivity contribution < 1.29 is 58.7 Å². The van der Waals surface area contributed by atoms with Crippen molar-refractivity contribution >= 4 is 22.0 Å². The lowest BCUT2D eigenvalue weighted by Crippen LogP contribution is -2.63. The van der Waals surface area contributed by atoms with Gasteiger partial charge in [-0.25, -0.2) is 13.2 Å². The number of nitrogens with zero attached hydrogens (tertiary/aromatic N) is 1. The molecule has 0 aromatic heterocycles. The Labute approximate surface area is 162 Å². The highest BCUT2D eigenvalue weighted by Crippen LogP contribution is 2.38. The predicted octanol–water partition coefficient (Wildman–Crippen LogP) is 0.768. The summed E-state index contributed by atoms with van der Waals surface area (Å²) in [5.41, 5.74) is -0.565. The van der Waals surface area contributed by atoms with E-state index in [1.807, 2.05) is 0 Å². The molecule has 1 atom stereocenters. The molecule has 0 aliphatic carbocycles. The first kappa shape index (κ1) is 25.2. The zero-order valence-electron chi connectivity index (χ0n) is 15.0. The maximum absolute atomic E-state index is 13.8. The van der Waals surface area contributed by atoms with Crippen LogP contribution in [0.3, 0.4) is 0 Å². The van der Waals surface area contributed by atoms with Crippen molar-refractivity contribution in [2.24, 2.45) is 0 Å². The Bertz CT molecular complexity index is 748. The fourth-order valence-electron chi connectivity index (χ4n) is 2.03. The molecule has 29 heavy (non-hydrogen) atoms. The van der Waals surface area contributed by atoms with Crippen molar-refractivity contribution in [2.75, 3.05) is 32.9 Å². The van der Waals surface area contributed by atoms with E-state index >= 15 is 0 Å². The van der Waals surface area contributed by atoms with E-state index in [9.17, 15) is 44.5 Å². The smallest absolute Gasteiger partial charge is 0.466 e. The van der Waals surface area contributed by atoms with E-state index in [1.54, 1.807) is 0 Å². The first-order valence-electron chi connectivity index (χ1n) is 7.85. The Kier molecular flexibility index (Phi) is 7.72. The topological polar surface area (TPSA) is 122 Å². The van der Waals surface area contributed by atoms with Gasteiger partial charge in [0.25, 0.3) is 0 Å². The van der Waals surface area contributed by atoms with Crippen LogP contribution in [-0.4, -0.2) is 79.9 Å². The second kappa shape index (κ2) is 8.89. The summed E-state index contributed by atoms with van der Waals surface area (Å²) in [6.45, 7) is 1.26. The van der Waals surface area contributed by atoms with Crippen molar-refractivity contribution in [1.82, 2.24) is 4.90 Å². The average molecular weight is 454 g/mol. The summed E-state index contributed by atoms with van der Waals surface area (Å²) in [5, 5.41) is -4.98. The van der Waals surface area contributed by atoms with Gasteiger partial charge in [0.1, 0.15) is 0 Å². The van der Waals surface area contributed by atoms with Gasteiger partial charge in [-0.05, 0) is 6.92 Å². The molecular weight excluding hydrogens is 437 g/mol. The Hall–Kier alpha value is -1.84. The van der Waals surface area contributed by atoms with Gasteiger partial charge in [-0.2, -0.15) is 22.0 Å². The molecule has 0 saturated carbocycles. The number of alkyl halides is 5. The van der Waals surface area contributed by atoms with Crippen LogP contribution in [0, 0.1) is 0 Å². The molecule has 15 heteroatoms. The fraction of sp³-hybridized carbons (Fsp3) is 0.714. The van der Waals surface area contributed by atoms with Gasteiger partial charge >= 0.3 is 29.1 Å². The first-order chi connectivity index (χ1) is 13.1. The molecule has 0 N–H and O–H groups in total. The second-order valence-electron chi connectivity index (χ2n) is 5.88. The van der Waals surface area contributed by atoms with Gasteiger partial charge in [0.15, 0.2) is 10.1 Å². The number of hydrogen-bond acceptors (Lipinski definition) is 8. The molecule has 0 aromatic rings. The number of esters is 1. The highest BCUT2D eigenvalue weighted by molar-refractivity contribution is 7.86. The van der Waals surface area contributed by atoms with Crippen LogP contribution < -0.4 is 0 Å². The summed E-state index contributed by atoms with van der Waals surface area (Å²) in [5.74, 6) is -8.01. The van der Waals surface area contributed by atoms with Crippen LogP contribution in [-0.2, 0) is 33.9 Å². The van der Waals surface area contributed by atoms with Crippen molar-refractivity contribution in [3.63, 3.8) is 0 Å². The van der Waals surface area contributed by atoms with Crippen molar-refractivity contribution in [2.45, 2.75) is 30.6 Å². The molecule has 1 amide bonds. The second-order valence-corrected chi connectivity index (χ2v) is 7.38. The largest absolute Gasteiger partial charge is 0.743 e. The monoisotopic (exact) mass is 454 g/mol. The number of ether oxygens (including phenoxy) is 3. The Morgan fingerprint density at radius 2 is 1.69 bits per heavy atom. The van der Waals surface area contributed by atoms with Crippen LogP contribution in [0.4, 0.5) is 22.0 Å². The highest BCUT2D eigenvalue weighted by Gasteiger charge is 2.67. The quantitative estimate of drug-likeness (QED) is 0.173. The molecule has 0 aromatic carbocycles. The third-order valence-electron chi connectivity index (χ3n) is 3.60. The van der Waals surface area contributed by atoms with E-state index < -0.39 is 57.8 Å². The van der Waals surface area contributed by atoms with Crippen LogP contribution in [0.5, 0.6) is 0 Å². The molecule has 1 fully saturated rings. The summed E-state index contributed by atoms with van der Waals surface area (Å²) in [7, 11) is -6.21. The summed E-state index contributed by atoms with van der Waals surface area (Å²) in [4.78, 5) is 24.8. The SMILES string of the molecule is C=C(C)C(=O)OC(OCCC(F)(F)S(=O)(=O)[O-])(C(=O)N1CCOCC1)C(F)(F)F. The van der Waals surface area contributed by atoms with Gasteiger partial charge in [-0.3, -0.25) is 4.79 Å². The van der Waals surface area contributed by atoms with Crippen LogP contribution >= 0.6 is 0 Å². The number of hydrogen-bond donors (Lipinski definition) is 0. The van der Waals surface area contributed by atoms with Crippen molar-refractivity contribution in [3.05, 3.63) is 12.2 Å². The van der Waals surface area contributed by atoms with Gasteiger partial charge in [0.2, 0.25) is 0 Å². The molecule has 9 nitrogen and oxygen atoms in total. The molecule has 1 aliphatic heterocycles. The van der Waals surface area contributed by atoms with Crippen LogP contribution in [0.2, 0.25) is 0 Å². The lowest BCUT2D eigenvalue weighted by molar-refractivity contribution is -0.351. The normalized spacial score (nSPS) is 18.1. The number of morpholine rings is 1. The predicted molar refractivity (Wildman–Crippen MR) is 82.3 cm³/mol. The lowest BCUT2D eigenvalue weighted by atomic mass is 10.2. The number of rotatable bonds is 8. The standard InChI is InChI=1S/C14H18F5NO8S/c1-9(2)10(21)28-13(14(17,18)19,11(22)20-4-7-26-8-5-20)27-6-3-12(15,16)29(23,24)25/h1,3-8H2,2H3,(H,23,24,25)/p-1. The minimum Gasteiger partial charge on any atom is -0.743 e. The zero-order chi connectivity index (χ0) is 22.7. The molecule has 0 spiro atoms. The number of carbonyl (C=O) groups excluding carboxylic acids is 2. The molecule has 1 saturated heterocycles. The summed E-state index contributed by atoms with van der Waals surface area (Å²) in [6.07, 6.45) is -7.77. The molecule has 1 unspecified atom stereocenters. The van der Waals surface area contributed by atoms with Crippen LogP contribution in [0.25, 0.3) is 0 Å². The van der Waals surface area contributed by atoms with E-state index in [0.29, 0.717) is 4.90 Å². The highest BCUT2D eigenvalue weighted by atomic mass is 32.2. The zero-order valence-corrected chi connectivity index (χ0v) is 15.8. The number of halogens is 5. The van der Waals surface area contributed by atoms with E-state index in [2.05, 4.69) is 16.1 Å². The maximum atomic E-state index is 13.8. The molecule has 168 valence electrons. The van der Waals surface area contributed by atoms with Gasteiger partial charge < -0.3 is 23.7 Å².